The van der Waals surface area contributed by atoms with Crippen molar-refractivity contribution in [2.24, 2.45) is 5.10 Å². The summed E-state index contributed by atoms with van der Waals surface area (Å²) in [6.45, 7) is 2.58. The maximum atomic E-state index is 14.0. The highest BCUT2D eigenvalue weighted by Gasteiger charge is 2.49. The van der Waals surface area contributed by atoms with Gasteiger partial charge in [-0.3, -0.25) is 0 Å². The summed E-state index contributed by atoms with van der Waals surface area (Å²) in [6.07, 6.45) is 0.792. The normalized spacial score (nSPS) is 18.5. The molecule has 0 saturated heterocycles. The van der Waals surface area contributed by atoms with Crippen molar-refractivity contribution >= 4 is 26.7 Å². The maximum Gasteiger partial charge on any atom is 0.409 e. The Morgan fingerprint density at radius 1 is 1.23 bits per heavy atom. The number of hydrazone groups is 1. The molecular weight excluding hydrogens is 458 g/mol. The second-order valence-corrected chi connectivity index (χ2v) is 9.22. The molecular formula is C20H20ClF4N3O2S. The van der Waals surface area contributed by atoms with Crippen LogP contribution in [0.15, 0.2) is 64.0 Å². The molecule has 0 aromatic heterocycles. The van der Waals surface area contributed by atoms with Crippen LogP contribution in [0.1, 0.15) is 38.3 Å². The summed E-state index contributed by atoms with van der Waals surface area (Å²) < 4.78 is 82.0. The van der Waals surface area contributed by atoms with E-state index in [9.17, 15) is 26.0 Å². The Morgan fingerprint density at radius 2 is 1.87 bits per heavy atom. The van der Waals surface area contributed by atoms with Crippen LogP contribution in [-0.2, 0) is 10.0 Å². The maximum absolute atomic E-state index is 14.0. The third kappa shape index (κ3) is 4.70. The Labute approximate surface area is 183 Å². The van der Waals surface area contributed by atoms with E-state index in [1.165, 1.54) is 18.0 Å². The summed E-state index contributed by atoms with van der Waals surface area (Å²) in [5.41, 5.74) is 0.911. The molecule has 0 radical (unpaired) electrons. The van der Waals surface area contributed by atoms with Crippen molar-refractivity contribution in [3.63, 3.8) is 0 Å². The third-order valence-electron chi connectivity index (χ3n) is 4.92. The van der Waals surface area contributed by atoms with E-state index in [0.717, 1.165) is 35.9 Å². The van der Waals surface area contributed by atoms with E-state index in [0.29, 0.717) is 22.8 Å². The first-order valence-electron chi connectivity index (χ1n) is 9.43. The van der Waals surface area contributed by atoms with Crippen molar-refractivity contribution in [1.82, 2.24) is 9.31 Å². The van der Waals surface area contributed by atoms with Crippen LogP contribution < -0.4 is 0 Å². The van der Waals surface area contributed by atoms with Crippen molar-refractivity contribution in [2.75, 3.05) is 6.54 Å². The van der Waals surface area contributed by atoms with Crippen molar-refractivity contribution in [1.29, 1.82) is 0 Å². The molecule has 0 unspecified atom stereocenters. The van der Waals surface area contributed by atoms with E-state index < -0.39 is 45.2 Å². The molecule has 1 aromatic carbocycles. The van der Waals surface area contributed by atoms with Crippen LogP contribution >= 0.6 is 11.6 Å². The summed E-state index contributed by atoms with van der Waals surface area (Å²) in [6, 6.07) is 1.04. The first-order valence-corrected chi connectivity index (χ1v) is 11.2. The van der Waals surface area contributed by atoms with Gasteiger partial charge in [-0.1, -0.05) is 36.7 Å². The molecule has 0 N–H and O–H groups in total. The van der Waals surface area contributed by atoms with Gasteiger partial charge in [-0.15, -0.1) is 0 Å². The van der Waals surface area contributed by atoms with Crippen molar-refractivity contribution < 1.29 is 26.0 Å². The fraction of sp³-hybridized carbons (Fsp3) is 0.350. The number of rotatable bonds is 4. The number of alkyl halides is 3. The lowest BCUT2D eigenvalue weighted by Crippen LogP contribution is -2.45. The number of halogens is 5. The minimum Gasteiger partial charge on any atom is -0.221 e. The van der Waals surface area contributed by atoms with Gasteiger partial charge in [0, 0.05) is 6.54 Å². The molecule has 0 fully saturated rings. The number of fused-ring (bicyclic) bond motifs is 1. The zero-order chi connectivity index (χ0) is 23.0. The largest absolute Gasteiger partial charge is 0.409 e. The van der Waals surface area contributed by atoms with Gasteiger partial charge in [0.15, 0.2) is 5.04 Å². The molecule has 3 rings (SSSR count). The predicted octanol–water partition coefficient (Wildman–Crippen LogP) is 5.41. The highest BCUT2D eigenvalue weighted by atomic mass is 35.5. The molecule has 5 nitrogen and oxygen atoms in total. The van der Waals surface area contributed by atoms with Gasteiger partial charge in [0.05, 0.1) is 5.70 Å². The summed E-state index contributed by atoms with van der Waals surface area (Å²) in [7, 11) is -4.69. The molecule has 0 saturated carbocycles. The molecule has 2 heterocycles. The molecule has 0 spiro atoms. The molecule has 0 aliphatic carbocycles. The van der Waals surface area contributed by atoms with Gasteiger partial charge >= 0.3 is 6.18 Å². The fourth-order valence-electron chi connectivity index (χ4n) is 3.36. The Hall–Kier alpha value is -2.17. The van der Waals surface area contributed by atoms with E-state index in [1.807, 2.05) is 6.08 Å². The Bertz CT molecular complexity index is 1070. The first-order chi connectivity index (χ1) is 14.5. The number of sulfonamides is 1. The van der Waals surface area contributed by atoms with Crippen LogP contribution in [0.25, 0.3) is 0 Å². The lowest BCUT2D eigenvalue weighted by molar-refractivity contribution is -0.173. The average molecular weight is 478 g/mol. The summed E-state index contributed by atoms with van der Waals surface area (Å²) in [5, 5.41) is 4.90. The molecule has 168 valence electrons. The summed E-state index contributed by atoms with van der Waals surface area (Å²) in [4.78, 5) is 0. The van der Waals surface area contributed by atoms with Crippen LogP contribution in [0, 0.1) is 5.82 Å². The lowest BCUT2D eigenvalue weighted by Gasteiger charge is -2.32. The molecule has 11 heteroatoms. The highest BCUT2D eigenvalue weighted by molar-refractivity contribution is 8.04. The van der Waals surface area contributed by atoms with Crippen LogP contribution in [0.3, 0.4) is 0 Å². The van der Waals surface area contributed by atoms with E-state index in [4.69, 9.17) is 11.6 Å². The van der Waals surface area contributed by atoms with Crippen LogP contribution in [-0.4, -0.2) is 35.5 Å². The smallest absolute Gasteiger partial charge is 0.221 e. The van der Waals surface area contributed by atoms with Crippen molar-refractivity contribution in [3.05, 3.63) is 70.3 Å². The monoisotopic (exact) mass is 477 g/mol. The molecule has 0 amide bonds. The van der Waals surface area contributed by atoms with E-state index in [2.05, 4.69) is 5.10 Å². The number of hydrogen-bond acceptors (Lipinski definition) is 4. The molecule has 31 heavy (non-hydrogen) atoms. The van der Waals surface area contributed by atoms with Gasteiger partial charge in [-0.2, -0.15) is 22.6 Å². The molecule has 1 atom stereocenters. The number of allylic oxidation sites excluding steroid dienone is 3. The standard InChI is InChI=1S/C20H20ClF4N3O2S/c1-3-27(18(20(23,24)25)14-7-9-15(22)10-8-14)31(29,30)17-12-11-16-6-4-5-13(2)19(21)28(16)26-17/h6-12,18H,3-5H2,1-2H3/t18-/m1/s1. The fourth-order valence-corrected chi connectivity index (χ4v) is 5.12. The minimum atomic E-state index is -4.94. The second-order valence-electron chi connectivity index (χ2n) is 7.03. The Balaban J connectivity index is 2.08. The van der Waals surface area contributed by atoms with E-state index in [1.54, 1.807) is 6.92 Å². The summed E-state index contributed by atoms with van der Waals surface area (Å²) in [5.74, 6) is -0.729. The summed E-state index contributed by atoms with van der Waals surface area (Å²) >= 11 is 6.32. The first kappa shape index (κ1) is 23.5. The SMILES string of the molecule is CCN([C@H](c1ccc(F)cc1)C(F)(F)F)S(=O)(=O)C1=NN2C(=CCCC(C)=C2Cl)C=C1. The van der Waals surface area contributed by atoms with E-state index in [-0.39, 0.29) is 5.16 Å². The van der Waals surface area contributed by atoms with Gasteiger partial charge in [0.2, 0.25) is 0 Å². The van der Waals surface area contributed by atoms with E-state index >= 15 is 0 Å². The topological polar surface area (TPSA) is 53.0 Å². The van der Waals surface area contributed by atoms with Gasteiger partial charge in [-0.05, 0) is 55.2 Å². The predicted molar refractivity (Wildman–Crippen MR) is 111 cm³/mol. The van der Waals surface area contributed by atoms with Crippen molar-refractivity contribution in [2.45, 2.75) is 38.9 Å². The zero-order valence-corrected chi connectivity index (χ0v) is 18.3. The average Bonchev–Trinajstić information content (AvgIpc) is 2.84. The van der Waals surface area contributed by atoms with Gasteiger partial charge in [-0.25, -0.2) is 17.8 Å². The highest BCUT2D eigenvalue weighted by Crippen LogP contribution is 2.40. The Kier molecular flexibility index (Phi) is 6.64. The zero-order valence-electron chi connectivity index (χ0n) is 16.7. The van der Waals surface area contributed by atoms with Crippen LogP contribution in [0.4, 0.5) is 17.6 Å². The lowest BCUT2D eigenvalue weighted by atomic mass is 10.1. The van der Waals surface area contributed by atoms with Gasteiger partial charge in [0.1, 0.15) is 17.0 Å². The quantitative estimate of drug-likeness (QED) is 0.430. The van der Waals surface area contributed by atoms with Crippen LogP contribution in [0.5, 0.6) is 0 Å². The second kappa shape index (κ2) is 8.76. The van der Waals surface area contributed by atoms with Gasteiger partial charge < -0.3 is 0 Å². The van der Waals surface area contributed by atoms with Crippen LogP contribution in [0.2, 0.25) is 0 Å². The molecule has 2 aliphatic rings. The number of benzene rings is 1. The molecule has 2 aliphatic heterocycles. The number of nitrogens with zero attached hydrogens (tertiary/aromatic N) is 3. The molecule has 1 aromatic rings. The minimum absolute atomic E-state index is 0.203. The van der Waals surface area contributed by atoms with Gasteiger partial charge in [0.25, 0.3) is 10.0 Å². The Morgan fingerprint density at radius 3 is 2.45 bits per heavy atom. The van der Waals surface area contributed by atoms with Crippen molar-refractivity contribution in [3.8, 4) is 0 Å². The third-order valence-corrected chi connectivity index (χ3v) is 7.23. The number of hydrogen-bond donors (Lipinski definition) is 0. The molecule has 0 bridgehead atoms.